The molecule has 6 heteroatoms. The van der Waals surface area contributed by atoms with Gasteiger partial charge in [-0.2, -0.15) is 0 Å². The molecule has 1 aromatic rings. The Morgan fingerprint density at radius 1 is 1.50 bits per heavy atom. The van der Waals surface area contributed by atoms with Crippen LogP contribution in [0.3, 0.4) is 0 Å². The maximum absolute atomic E-state index is 11.2. The Bertz CT molecular complexity index is 353. The number of esters is 1. The summed E-state index contributed by atoms with van der Waals surface area (Å²) in [5, 5.41) is 18.1. The first-order valence-electron chi connectivity index (χ1n) is 3.80. The Morgan fingerprint density at radius 2 is 2.14 bits per heavy atom. The third-order valence-electron chi connectivity index (χ3n) is 1.72. The first-order chi connectivity index (χ1) is 6.57. The lowest BCUT2D eigenvalue weighted by Crippen LogP contribution is -2.36. The van der Waals surface area contributed by atoms with E-state index in [0.717, 1.165) is 0 Å². The number of benzene rings is 1. The molecule has 0 aliphatic carbocycles. The minimum atomic E-state index is -1.71. The summed E-state index contributed by atoms with van der Waals surface area (Å²) in [7, 11) is -0.476. The summed E-state index contributed by atoms with van der Waals surface area (Å²) in [6.07, 6.45) is 0. The van der Waals surface area contributed by atoms with Gasteiger partial charge >= 0.3 is 13.1 Å². The smallest absolute Gasteiger partial charge is 0.465 e. The van der Waals surface area contributed by atoms with E-state index in [0.29, 0.717) is 4.47 Å². The van der Waals surface area contributed by atoms with Gasteiger partial charge in [-0.3, -0.25) is 0 Å². The quantitative estimate of drug-likeness (QED) is 0.575. The van der Waals surface area contributed by atoms with Crippen molar-refractivity contribution in [2.75, 3.05) is 7.11 Å². The lowest BCUT2D eigenvalue weighted by Gasteiger charge is -2.08. The molecule has 0 saturated carbocycles. The van der Waals surface area contributed by atoms with E-state index < -0.39 is 13.1 Å². The zero-order valence-electron chi connectivity index (χ0n) is 7.40. The highest BCUT2D eigenvalue weighted by Crippen LogP contribution is 2.10. The number of carbonyl (C=O) groups excluding carboxylic acids is 1. The topological polar surface area (TPSA) is 66.8 Å². The van der Waals surface area contributed by atoms with Crippen LogP contribution in [0.15, 0.2) is 22.7 Å². The molecule has 74 valence electrons. The van der Waals surface area contributed by atoms with E-state index >= 15 is 0 Å². The molecule has 0 aliphatic heterocycles. The van der Waals surface area contributed by atoms with Crippen molar-refractivity contribution < 1.29 is 19.6 Å². The molecule has 0 heterocycles. The maximum Gasteiger partial charge on any atom is 0.490 e. The van der Waals surface area contributed by atoms with Crippen molar-refractivity contribution in [3.8, 4) is 0 Å². The highest BCUT2D eigenvalue weighted by molar-refractivity contribution is 9.10. The van der Waals surface area contributed by atoms with Gasteiger partial charge < -0.3 is 14.8 Å². The van der Waals surface area contributed by atoms with E-state index in [1.807, 2.05) is 0 Å². The molecule has 0 aromatic heterocycles. The van der Waals surface area contributed by atoms with Crippen molar-refractivity contribution in [3.63, 3.8) is 0 Å². The first-order valence-corrected chi connectivity index (χ1v) is 4.60. The molecule has 0 bridgehead atoms. The number of carbonyl (C=O) groups is 1. The molecular formula is C8H8BBrO4. The molecule has 0 amide bonds. The Kier molecular flexibility index (Phi) is 3.68. The van der Waals surface area contributed by atoms with Gasteiger partial charge in [0.25, 0.3) is 0 Å². The van der Waals surface area contributed by atoms with Crippen molar-refractivity contribution in [2.45, 2.75) is 0 Å². The number of methoxy groups -OCH3 is 1. The van der Waals surface area contributed by atoms with Crippen molar-refractivity contribution in [1.82, 2.24) is 0 Å². The van der Waals surface area contributed by atoms with Crippen LogP contribution in [-0.2, 0) is 4.74 Å². The van der Waals surface area contributed by atoms with Gasteiger partial charge in [0, 0.05) is 9.94 Å². The Balaban J connectivity index is 3.28. The van der Waals surface area contributed by atoms with Crippen LogP contribution >= 0.6 is 15.9 Å². The average Bonchev–Trinajstić information content (AvgIpc) is 2.15. The number of hydrogen-bond donors (Lipinski definition) is 2. The van der Waals surface area contributed by atoms with Crippen molar-refractivity contribution in [2.24, 2.45) is 0 Å². The largest absolute Gasteiger partial charge is 0.490 e. The molecule has 0 aliphatic rings. The van der Waals surface area contributed by atoms with Crippen molar-refractivity contribution in [1.29, 1.82) is 0 Å². The van der Waals surface area contributed by atoms with Gasteiger partial charge in [-0.05, 0) is 12.1 Å². The highest BCUT2D eigenvalue weighted by atomic mass is 79.9. The van der Waals surface area contributed by atoms with E-state index in [9.17, 15) is 4.79 Å². The predicted octanol–water partition coefficient (Wildman–Crippen LogP) is -0.0845. The van der Waals surface area contributed by atoms with Crippen LogP contribution in [0.5, 0.6) is 0 Å². The molecule has 0 spiro atoms. The summed E-state index contributed by atoms with van der Waals surface area (Å²) >= 11 is 3.12. The fourth-order valence-electron chi connectivity index (χ4n) is 1.09. The Labute approximate surface area is 89.8 Å². The zero-order chi connectivity index (χ0) is 10.7. The molecule has 14 heavy (non-hydrogen) atoms. The minimum Gasteiger partial charge on any atom is -0.465 e. The van der Waals surface area contributed by atoms with Crippen LogP contribution in [0, 0.1) is 0 Å². The maximum atomic E-state index is 11.2. The van der Waals surface area contributed by atoms with Crippen LogP contribution in [0.25, 0.3) is 0 Å². The summed E-state index contributed by atoms with van der Waals surface area (Å²) in [6, 6.07) is 4.69. The fraction of sp³-hybridized carbons (Fsp3) is 0.125. The lowest BCUT2D eigenvalue weighted by molar-refractivity contribution is 0.0601. The number of ether oxygens (including phenoxy) is 1. The van der Waals surface area contributed by atoms with Gasteiger partial charge in [-0.25, -0.2) is 4.79 Å². The van der Waals surface area contributed by atoms with Crippen LogP contribution < -0.4 is 5.46 Å². The second-order valence-corrected chi connectivity index (χ2v) is 3.42. The highest BCUT2D eigenvalue weighted by Gasteiger charge is 2.23. The second kappa shape index (κ2) is 4.59. The average molecular weight is 259 g/mol. The standard InChI is InChI=1S/C8H8BBrO4/c1-14-8(11)5-3-2-4-6(10)7(5)9(12)13/h2-4,12-13H,1H3. The summed E-state index contributed by atoms with van der Waals surface area (Å²) in [6.45, 7) is 0. The third kappa shape index (κ3) is 2.15. The van der Waals surface area contributed by atoms with Gasteiger partial charge in [-0.1, -0.05) is 22.0 Å². The SMILES string of the molecule is COC(=O)c1cccc(Br)c1B(O)O. The zero-order valence-corrected chi connectivity index (χ0v) is 8.98. The van der Waals surface area contributed by atoms with Crippen LogP contribution in [0.4, 0.5) is 0 Å². The second-order valence-electron chi connectivity index (χ2n) is 2.57. The molecule has 0 unspecified atom stereocenters. The molecule has 0 radical (unpaired) electrons. The summed E-state index contributed by atoms with van der Waals surface area (Å²) in [4.78, 5) is 11.2. The molecular weight excluding hydrogens is 251 g/mol. The Hall–Kier alpha value is -0.845. The van der Waals surface area contributed by atoms with Crippen LogP contribution in [-0.4, -0.2) is 30.2 Å². The van der Waals surface area contributed by atoms with Crippen molar-refractivity contribution in [3.05, 3.63) is 28.2 Å². The number of rotatable bonds is 2. The monoisotopic (exact) mass is 258 g/mol. The molecule has 2 N–H and O–H groups in total. The summed E-state index contributed by atoms with van der Waals surface area (Å²) in [5.41, 5.74) is 0.247. The molecule has 1 aromatic carbocycles. The van der Waals surface area contributed by atoms with Crippen LogP contribution in [0.1, 0.15) is 10.4 Å². The van der Waals surface area contributed by atoms with Gasteiger partial charge in [0.2, 0.25) is 0 Å². The first kappa shape index (κ1) is 11.2. The van der Waals surface area contributed by atoms with E-state index in [4.69, 9.17) is 10.0 Å². The fourth-order valence-corrected chi connectivity index (χ4v) is 1.66. The number of hydrogen-bond acceptors (Lipinski definition) is 4. The van der Waals surface area contributed by atoms with Gasteiger partial charge in [0.15, 0.2) is 0 Å². The molecule has 0 atom stereocenters. The van der Waals surface area contributed by atoms with E-state index in [2.05, 4.69) is 20.7 Å². The van der Waals surface area contributed by atoms with Gasteiger partial charge in [0.1, 0.15) is 0 Å². The predicted molar refractivity (Wildman–Crippen MR) is 55.3 cm³/mol. The van der Waals surface area contributed by atoms with Crippen LogP contribution in [0.2, 0.25) is 0 Å². The van der Waals surface area contributed by atoms with E-state index in [1.54, 1.807) is 12.1 Å². The molecule has 4 nitrogen and oxygen atoms in total. The molecule has 0 saturated heterocycles. The van der Waals surface area contributed by atoms with Gasteiger partial charge in [-0.15, -0.1) is 0 Å². The lowest BCUT2D eigenvalue weighted by atomic mass is 9.77. The summed E-state index contributed by atoms with van der Waals surface area (Å²) < 4.78 is 4.95. The molecule has 0 fully saturated rings. The minimum absolute atomic E-state index is 0.111. The summed E-state index contributed by atoms with van der Waals surface area (Å²) in [5.74, 6) is -0.602. The normalized spacial score (nSPS) is 9.71. The number of halogens is 1. The third-order valence-corrected chi connectivity index (χ3v) is 2.41. The van der Waals surface area contributed by atoms with Gasteiger partial charge in [0.05, 0.1) is 12.7 Å². The van der Waals surface area contributed by atoms with Crippen molar-refractivity contribution >= 4 is 34.5 Å². The Morgan fingerprint density at radius 3 is 2.64 bits per heavy atom. The van der Waals surface area contributed by atoms with E-state index in [1.165, 1.54) is 13.2 Å². The molecule has 1 rings (SSSR count). The van der Waals surface area contributed by atoms with E-state index in [-0.39, 0.29) is 11.0 Å².